The molecule has 1 saturated heterocycles. The molecule has 0 spiro atoms. The van der Waals surface area contributed by atoms with Crippen molar-refractivity contribution in [2.24, 2.45) is 0 Å². The van der Waals surface area contributed by atoms with Gasteiger partial charge in [-0.2, -0.15) is 4.98 Å². The molecule has 1 amide bonds. The lowest BCUT2D eigenvalue weighted by atomic mass is 10.0. The van der Waals surface area contributed by atoms with Crippen LogP contribution >= 0.6 is 23.2 Å². The summed E-state index contributed by atoms with van der Waals surface area (Å²) in [7, 11) is -0.935. The zero-order valence-corrected chi connectivity index (χ0v) is 27.1. The fourth-order valence-electron chi connectivity index (χ4n) is 4.71. The predicted molar refractivity (Wildman–Crippen MR) is 162 cm³/mol. The number of piperidine rings is 1. The largest absolute Gasteiger partial charge is 0.495 e. The van der Waals surface area contributed by atoms with E-state index in [4.69, 9.17) is 42.1 Å². The van der Waals surface area contributed by atoms with Crippen molar-refractivity contribution in [3.63, 3.8) is 0 Å². The molecule has 0 saturated carbocycles. The summed E-state index contributed by atoms with van der Waals surface area (Å²) in [5, 5.41) is 0.113. The van der Waals surface area contributed by atoms with Crippen molar-refractivity contribution in [3.05, 3.63) is 38.7 Å². The normalized spacial score (nSPS) is 15.9. The van der Waals surface area contributed by atoms with Gasteiger partial charge in [0.2, 0.25) is 15.0 Å². The molecule has 0 N–H and O–H groups in total. The second-order valence-electron chi connectivity index (χ2n) is 11.1. The van der Waals surface area contributed by atoms with E-state index < -0.39 is 32.2 Å². The maximum absolute atomic E-state index is 14.0. The first-order valence-electron chi connectivity index (χ1n) is 13.4. The monoisotopic (exact) mass is 656 g/mol. The number of rotatable bonds is 8. The molecule has 2 aromatic heterocycles. The van der Waals surface area contributed by atoms with E-state index in [-0.39, 0.29) is 57.6 Å². The molecule has 1 aromatic carbocycles. The van der Waals surface area contributed by atoms with E-state index in [9.17, 15) is 18.0 Å². The number of hydrogen-bond acceptors (Lipinski definition) is 10. The molecule has 3 heterocycles. The van der Waals surface area contributed by atoms with Gasteiger partial charge in [-0.3, -0.25) is 9.36 Å². The number of carbonyl (C=O) groups excluding carboxylic acids is 1. The number of nitrogens with zero attached hydrogens (tertiary/aromatic N) is 4. The third-order valence-corrected chi connectivity index (χ3v) is 8.29. The smallest absolute Gasteiger partial charge is 0.410 e. The highest BCUT2D eigenvalue weighted by Gasteiger charge is 2.29. The van der Waals surface area contributed by atoms with Crippen molar-refractivity contribution in [2.45, 2.75) is 57.0 Å². The van der Waals surface area contributed by atoms with Crippen molar-refractivity contribution in [1.82, 2.24) is 19.4 Å². The SMILES string of the molecule is COc1cc(OC)c(Cl)c(-c2cc3cnc(S(C)(=O)=O)nc3n(CCOC3CCCN(C(=O)OC(C)(C)C)C3)c2=O)c1Cl. The van der Waals surface area contributed by atoms with E-state index in [0.717, 1.165) is 12.7 Å². The number of hydrogen-bond donors (Lipinski definition) is 0. The van der Waals surface area contributed by atoms with Crippen LogP contribution < -0.4 is 15.0 Å². The van der Waals surface area contributed by atoms with Crippen LogP contribution in [0.3, 0.4) is 0 Å². The molecular weight excluding hydrogens is 623 g/mol. The maximum atomic E-state index is 14.0. The Bertz CT molecular complexity index is 1680. The first kappa shape index (κ1) is 32.8. The van der Waals surface area contributed by atoms with E-state index >= 15 is 0 Å². The number of amides is 1. The van der Waals surface area contributed by atoms with Crippen LogP contribution in [-0.4, -0.2) is 85.8 Å². The summed E-state index contributed by atoms with van der Waals surface area (Å²) < 4.78 is 48.1. The van der Waals surface area contributed by atoms with Gasteiger partial charge in [0.05, 0.1) is 55.6 Å². The van der Waals surface area contributed by atoms with Crippen LogP contribution in [0.4, 0.5) is 4.79 Å². The molecule has 1 aliphatic heterocycles. The molecule has 1 atom stereocenters. The Morgan fingerprint density at radius 3 is 2.35 bits per heavy atom. The van der Waals surface area contributed by atoms with Crippen molar-refractivity contribution in [2.75, 3.05) is 40.2 Å². The quantitative estimate of drug-likeness (QED) is 0.316. The average molecular weight is 658 g/mol. The van der Waals surface area contributed by atoms with Gasteiger partial charge in [-0.15, -0.1) is 0 Å². The number of halogens is 2. The number of fused-ring (bicyclic) bond motifs is 1. The lowest BCUT2D eigenvalue weighted by molar-refractivity contribution is -0.0219. The summed E-state index contributed by atoms with van der Waals surface area (Å²) in [6.07, 6.45) is 3.03. The molecule has 3 aromatic rings. The van der Waals surface area contributed by atoms with Gasteiger partial charge in [0.15, 0.2) is 0 Å². The first-order valence-corrected chi connectivity index (χ1v) is 16.1. The average Bonchev–Trinajstić information content (AvgIpc) is 2.93. The number of carbonyl (C=O) groups is 1. The highest BCUT2D eigenvalue weighted by molar-refractivity contribution is 7.90. The van der Waals surface area contributed by atoms with Gasteiger partial charge in [-0.05, 0) is 39.7 Å². The highest BCUT2D eigenvalue weighted by atomic mass is 35.5. The van der Waals surface area contributed by atoms with E-state index in [1.165, 1.54) is 37.1 Å². The third kappa shape index (κ3) is 7.34. The number of sulfone groups is 1. The summed E-state index contributed by atoms with van der Waals surface area (Å²) in [4.78, 5) is 36.4. The molecule has 0 aliphatic carbocycles. The van der Waals surface area contributed by atoms with Crippen molar-refractivity contribution in [3.8, 4) is 22.6 Å². The molecule has 4 rings (SSSR count). The van der Waals surface area contributed by atoms with Crippen LogP contribution in [0.1, 0.15) is 33.6 Å². The number of pyridine rings is 1. The van der Waals surface area contributed by atoms with E-state index in [2.05, 4.69) is 9.97 Å². The lowest BCUT2D eigenvalue weighted by Gasteiger charge is -2.34. The van der Waals surface area contributed by atoms with Gasteiger partial charge in [-0.1, -0.05) is 23.2 Å². The van der Waals surface area contributed by atoms with Crippen LogP contribution in [0.2, 0.25) is 10.0 Å². The maximum Gasteiger partial charge on any atom is 0.410 e. The van der Waals surface area contributed by atoms with E-state index in [0.29, 0.717) is 24.9 Å². The zero-order chi connectivity index (χ0) is 31.7. The van der Waals surface area contributed by atoms with Crippen LogP contribution in [0, 0.1) is 0 Å². The van der Waals surface area contributed by atoms with Crippen molar-refractivity contribution in [1.29, 1.82) is 0 Å². The lowest BCUT2D eigenvalue weighted by Crippen LogP contribution is -2.45. The zero-order valence-electron chi connectivity index (χ0n) is 24.8. The number of likely N-dealkylation sites (tertiary alicyclic amines) is 1. The van der Waals surface area contributed by atoms with Gasteiger partial charge in [0.25, 0.3) is 5.56 Å². The minimum Gasteiger partial charge on any atom is -0.495 e. The van der Waals surface area contributed by atoms with Gasteiger partial charge >= 0.3 is 6.09 Å². The molecule has 15 heteroatoms. The first-order chi connectivity index (χ1) is 20.1. The molecule has 12 nitrogen and oxygen atoms in total. The molecule has 0 bridgehead atoms. The topological polar surface area (TPSA) is 139 Å². The minimum absolute atomic E-state index is 0.00265. The number of methoxy groups -OCH3 is 2. The van der Waals surface area contributed by atoms with Crippen LogP contribution in [0.15, 0.2) is 28.3 Å². The molecule has 0 radical (unpaired) electrons. The van der Waals surface area contributed by atoms with Crippen LogP contribution in [0.5, 0.6) is 11.5 Å². The Labute approximate surface area is 259 Å². The molecule has 234 valence electrons. The number of ether oxygens (including phenoxy) is 4. The predicted octanol–water partition coefficient (Wildman–Crippen LogP) is 4.60. The molecular formula is C28H34Cl2N4O8S. The summed E-state index contributed by atoms with van der Waals surface area (Å²) in [6.45, 7) is 6.37. The highest BCUT2D eigenvalue weighted by Crippen LogP contribution is 2.45. The van der Waals surface area contributed by atoms with Gasteiger partial charge < -0.3 is 23.8 Å². The summed E-state index contributed by atoms with van der Waals surface area (Å²) >= 11 is 13.3. The van der Waals surface area contributed by atoms with Crippen LogP contribution in [0.25, 0.3) is 22.2 Å². The standard InChI is InChI=1S/C28H34Cl2N4O8S/c1-28(2,3)42-27(36)33-9-7-8-17(15-33)41-11-10-34-24-16(14-31-26(32-24)43(6,37)38)12-18(25(34)35)21-22(29)19(39-4)13-20(40-5)23(21)30/h12-14,17H,7-11,15H2,1-6H3. The van der Waals surface area contributed by atoms with Gasteiger partial charge in [0.1, 0.15) is 22.7 Å². The van der Waals surface area contributed by atoms with E-state index in [1.807, 2.05) is 0 Å². The second-order valence-corrected chi connectivity index (χ2v) is 13.7. The van der Waals surface area contributed by atoms with Crippen molar-refractivity contribution < 1.29 is 32.2 Å². The molecule has 1 aliphatic rings. The summed E-state index contributed by atoms with van der Waals surface area (Å²) in [6, 6.07) is 3.00. The minimum atomic E-state index is -3.78. The second kappa shape index (κ2) is 12.8. The fraction of sp³-hybridized carbons (Fsp3) is 0.500. The van der Waals surface area contributed by atoms with Gasteiger partial charge in [0, 0.05) is 36.0 Å². The Morgan fingerprint density at radius 1 is 1.12 bits per heavy atom. The Morgan fingerprint density at radius 2 is 1.77 bits per heavy atom. The number of benzene rings is 1. The van der Waals surface area contributed by atoms with Crippen molar-refractivity contribution >= 4 is 50.2 Å². The molecule has 1 fully saturated rings. The summed E-state index contributed by atoms with van der Waals surface area (Å²) in [5.74, 6) is 0.477. The van der Waals surface area contributed by atoms with E-state index in [1.54, 1.807) is 25.7 Å². The summed E-state index contributed by atoms with van der Waals surface area (Å²) in [5.41, 5.74) is -0.803. The fourth-order valence-corrected chi connectivity index (χ4v) is 5.91. The van der Waals surface area contributed by atoms with Crippen LogP contribution in [-0.2, 0) is 25.9 Å². The Balaban J connectivity index is 1.73. The third-order valence-electron chi connectivity index (χ3n) is 6.68. The molecule has 1 unspecified atom stereocenters. The Kier molecular flexibility index (Phi) is 9.79. The molecule has 43 heavy (non-hydrogen) atoms. The Hall–Kier alpha value is -3.13. The number of aromatic nitrogens is 3. The van der Waals surface area contributed by atoms with Gasteiger partial charge in [-0.25, -0.2) is 18.2 Å².